The number of halogens is 1. The zero-order valence-electron chi connectivity index (χ0n) is 12.8. The van der Waals surface area contributed by atoms with Crippen LogP contribution in [0.2, 0.25) is 0 Å². The van der Waals surface area contributed by atoms with Crippen LogP contribution in [0.1, 0.15) is 25.3 Å². The SMILES string of the molecule is CC(N)Cc1cccc(F)c1N(C)C1CCN(C)CC1. The first kappa shape index (κ1) is 15.3. The Morgan fingerprint density at radius 1 is 1.40 bits per heavy atom. The van der Waals surface area contributed by atoms with Crippen LogP contribution in [0.5, 0.6) is 0 Å². The predicted octanol–water partition coefficient (Wildman–Crippen LogP) is 2.25. The molecule has 112 valence electrons. The molecule has 0 radical (unpaired) electrons. The lowest BCUT2D eigenvalue weighted by atomic mass is 9.99. The number of anilines is 1. The van der Waals surface area contributed by atoms with Crippen molar-refractivity contribution in [1.82, 2.24) is 4.90 Å². The maximum Gasteiger partial charge on any atom is 0.146 e. The molecule has 1 aliphatic heterocycles. The van der Waals surface area contributed by atoms with Gasteiger partial charge in [-0.3, -0.25) is 0 Å². The van der Waals surface area contributed by atoms with Crippen molar-refractivity contribution in [2.45, 2.75) is 38.3 Å². The Morgan fingerprint density at radius 3 is 2.65 bits per heavy atom. The van der Waals surface area contributed by atoms with Crippen LogP contribution in [0.15, 0.2) is 18.2 Å². The van der Waals surface area contributed by atoms with Crippen LogP contribution in [0, 0.1) is 5.82 Å². The van der Waals surface area contributed by atoms with Gasteiger partial charge in [-0.1, -0.05) is 12.1 Å². The predicted molar refractivity (Wildman–Crippen MR) is 82.7 cm³/mol. The molecule has 1 aromatic rings. The van der Waals surface area contributed by atoms with Crippen molar-refractivity contribution in [1.29, 1.82) is 0 Å². The molecule has 1 aromatic carbocycles. The van der Waals surface area contributed by atoms with E-state index in [1.54, 1.807) is 12.1 Å². The van der Waals surface area contributed by atoms with Crippen molar-refractivity contribution >= 4 is 5.69 Å². The first-order valence-corrected chi connectivity index (χ1v) is 7.43. The molecular weight excluding hydrogens is 253 g/mol. The van der Waals surface area contributed by atoms with Gasteiger partial charge in [0.25, 0.3) is 0 Å². The van der Waals surface area contributed by atoms with Gasteiger partial charge in [-0.15, -0.1) is 0 Å². The number of benzene rings is 1. The number of hydrogen-bond acceptors (Lipinski definition) is 3. The van der Waals surface area contributed by atoms with E-state index in [-0.39, 0.29) is 11.9 Å². The van der Waals surface area contributed by atoms with Gasteiger partial charge in [0.05, 0.1) is 5.69 Å². The summed E-state index contributed by atoms with van der Waals surface area (Å²) >= 11 is 0. The molecule has 0 saturated carbocycles. The normalized spacial score (nSPS) is 19.1. The van der Waals surface area contributed by atoms with Crippen LogP contribution in [0.25, 0.3) is 0 Å². The Hall–Kier alpha value is -1.13. The van der Waals surface area contributed by atoms with Crippen molar-refractivity contribution in [2.75, 3.05) is 32.1 Å². The molecular formula is C16H26FN3. The monoisotopic (exact) mass is 279 g/mol. The largest absolute Gasteiger partial charge is 0.369 e. The molecule has 0 bridgehead atoms. The van der Waals surface area contributed by atoms with Crippen molar-refractivity contribution in [3.8, 4) is 0 Å². The molecule has 4 heteroatoms. The fourth-order valence-electron chi connectivity index (χ4n) is 3.03. The Balaban J connectivity index is 2.21. The molecule has 2 rings (SSSR count). The summed E-state index contributed by atoms with van der Waals surface area (Å²) in [6.45, 7) is 4.11. The maximum absolute atomic E-state index is 14.3. The summed E-state index contributed by atoms with van der Waals surface area (Å²) in [6, 6.07) is 5.77. The number of likely N-dealkylation sites (tertiary alicyclic amines) is 1. The molecule has 0 aromatic heterocycles. The average molecular weight is 279 g/mol. The third kappa shape index (κ3) is 3.49. The lowest BCUT2D eigenvalue weighted by Gasteiger charge is -2.37. The second-order valence-electron chi connectivity index (χ2n) is 6.07. The number of piperidine rings is 1. The van der Waals surface area contributed by atoms with Gasteiger partial charge in [0.15, 0.2) is 0 Å². The fourth-order valence-corrected chi connectivity index (χ4v) is 3.03. The van der Waals surface area contributed by atoms with E-state index in [0.29, 0.717) is 12.5 Å². The van der Waals surface area contributed by atoms with Crippen molar-refractivity contribution in [2.24, 2.45) is 5.73 Å². The Labute approximate surface area is 121 Å². The summed E-state index contributed by atoms with van der Waals surface area (Å²) in [4.78, 5) is 4.45. The van der Waals surface area contributed by atoms with Gasteiger partial charge in [-0.25, -0.2) is 4.39 Å². The molecule has 2 N–H and O–H groups in total. The Morgan fingerprint density at radius 2 is 2.05 bits per heavy atom. The lowest BCUT2D eigenvalue weighted by Crippen LogP contribution is -2.42. The first-order chi connectivity index (χ1) is 9.49. The lowest BCUT2D eigenvalue weighted by molar-refractivity contribution is 0.252. The molecule has 1 atom stereocenters. The smallest absolute Gasteiger partial charge is 0.146 e. The summed E-state index contributed by atoms with van der Waals surface area (Å²) in [5.74, 6) is -0.135. The van der Waals surface area contributed by atoms with Crippen LogP contribution in [0.4, 0.5) is 10.1 Å². The number of rotatable bonds is 4. The van der Waals surface area contributed by atoms with E-state index < -0.39 is 0 Å². The Bertz CT molecular complexity index is 439. The third-order valence-electron chi connectivity index (χ3n) is 4.20. The molecule has 1 saturated heterocycles. The van der Waals surface area contributed by atoms with Crippen molar-refractivity contribution in [3.05, 3.63) is 29.6 Å². The first-order valence-electron chi connectivity index (χ1n) is 7.43. The second-order valence-corrected chi connectivity index (χ2v) is 6.07. The molecule has 1 unspecified atom stereocenters. The van der Waals surface area contributed by atoms with E-state index in [1.807, 2.05) is 20.0 Å². The van der Waals surface area contributed by atoms with Gasteiger partial charge in [0.1, 0.15) is 5.82 Å². The summed E-state index contributed by atoms with van der Waals surface area (Å²) in [5, 5.41) is 0. The topological polar surface area (TPSA) is 32.5 Å². The number of nitrogens with two attached hydrogens (primary N) is 1. The van der Waals surface area contributed by atoms with Gasteiger partial charge < -0.3 is 15.5 Å². The summed E-state index contributed by atoms with van der Waals surface area (Å²) in [6.07, 6.45) is 2.88. The average Bonchev–Trinajstić information content (AvgIpc) is 2.38. The number of hydrogen-bond donors (Lipinski definition) is 1. The van der Waals surface area contributed by atoms with Crippen LogP contribution < -0.4 is 10.6 Å². The van der Waals surface area contributed by atoms with Crippen molar-refractivity contribution in [3.63, 3.8) is 0 Å². The minimum Gasteiger partial charge on any atom is -0.369 e. The van der Waals surface area contributed by atoms with E-state index in [9.17, 15) is 4.39 Å². The standard InChI is InChI=1S/C16H26FN3/c1-12(18)11-13-5-4-6-15(17)16(13)20(3)14-7-9-19(2)10-8-14/h4-6,12,14H,7-11,18H2,1-3H3. The third-order valence-corrected chi connectivity index (χ3v) is 4.20. The van der Waals surface area contributed by atoms with E-state index in [2.05, 4.69) is 16.8 Å². The van der Waals surface area contributed by atoms with Gasteiger partial charge in [0.2, 0.25) is 0 Å². The molecule has 20 heavy (non-hydrogen) atoms. The van der Waals surface area contributed by atoms with Crippen LogP contribution in [0.3, 0.4) is 0 Å². The molecule has 1 aliphatic rings. The molecule has 0 amide bonds. The fraction of sp³-hybridized carbons (Fsp3) is 0.625. The second kappa shape index (κ2) is 6.55. The number of nitrogens with zero attached hydrogens (tertiary/aromatic N) is 2. The highest BCUT2D eigenvalue weighted by Crippen LogP contribution is 2.29. The summed E-state index contributed by atoms with van der Waals surface area (Å²) in [7, 11) is 4.15. The molecule has 3 nitrogen and oxygen atoms in total. The molecule has 0 spiro atoms. The zero-order chi connectivity index (χ0) is 14.7. The van der Waals surface area contributed by atoms with Crippen LogP contribution in [-0.2, 0) is 6.42 Å². The minimum absolute atomic E-state index is 0.0430. The highest BCUT2D eigenvalue weighted by Gasteiger charge is 2.24. The summed E-state index contributed by atoms with van der Waals surface area (Å²) < 4.78 is 14.3. The number of para-hydroxylation sites is 1. The zero-order valence-corrected chi connectivity index (χ0v) is 12.8. The van der Waals surface area contributed by atoms with Crippen LogP contribution in [-0.4, -0.2) is 44.2 Å². The molecule has 1 heterocycles. The molecule has 1 fully saturated rings. The minimum atomic E-state index is -0.135. The van der Waals surface area contributed by atoms with E-state index in [0.717, 1.165) is 37.2 Å². The maximum atomic E-state index is 14.3. The van der Waals surface area contributed by atoms with Gasteiger partial charge in [0, 0.05) is 19.1 Å². The van der Waals surface area contributed by atoms with E-state index in [4.69, 9.17) is 5.73 Å². The summed E-state index contributed by atoms with van der Waals surface area (Å²) in [5.41, 5.74) is 7.64. The van der Waals surface area contributed by atoms with Gasteiger partial charge in [-0.2, -0.15) is 0 Å². The Kier molecular flexibility index (Phi) is 5.00. The van der Waals surface area contributed by atoms with Gasteiger partial charge >= 0.3 is 0 Å². The quantitative estimate of drug-likeness (QED) is 0.917. The highest BCUT2D eigenvalue weighted by atomic mass is 19.1. The van der Waals surface area contributed by atoms with Crippen molar-refractivity contribution < 1.29 is 4.39 Å². The van der Waals surface area contributed by atoms with E-state index in [1.165, 1.54) is 0 Å². The van der Waals surface area contributed by atoms with Gasteiger partial charge in [-0.05, 0) is 58.0 Å². The van der Waals surface area contributed by atoms with Crippen LogP contribution >= 0.6 is 0 Å². The van der Waals surface area contributed by atoms with E-state index >= 15 is 0 Å². The molecule has 0 aliphatic carbocycles. The highest BCUT2D eigenvalue weighted by molar-refractivity contribution is 5.55.